The molecule has 0 saturated carbocycles. The zero-order valence-electron chi connectivity index (χ0n) is 6.66. The van der Waals surface area contributed by atoms with Gasteiger partial charge in [-0.25, -0.2) is 0 Å². The lowest BCUT2D eigenvalue weighted by Gasteiger charge is -2.19. The van der Waals surface area contributed by atoms with Gasteiger partial charge in [0.05, 0.1) is 11.4 Å². The molecular formula is C8H7N2O2S. The highest BCUT2D eigenvalue weighted by atomic mass is 32.2. The number of fused-ring (bicyclic) bond motifs is 1. The fourth-order valence-corrected chi connectivity index (χ4v) is 2.25. The minimum absolute atomic E-state index is 0.0182. The third kappa shape index (κ3) is 1.48. The average molecular weight is 195 g/mol. The molecule has 0 fully saturated rings. The fourth-order valence-electron chi connectivity index (χ4n) is 1.21. The minimum Gasteiger partial charge on any atom is -0.611 e. The first-order chi connectivity index (χ1) is 6.16. The van der Waals surface area contributed by atoms with Crippen LogP contribution < -0.4 is 11.1 Å². The number of carbonyl (C=O) groups excluding carboxylic acids is 1. The Hall–Kier alpha value is -1.20. The monoisotopic (exact) mass is 195 g/mol. The number of nitrogens with one attached hydrogen (secondary N) is 2. The van der Waals surface area contributed by atoms with Gasteiger partial charge in [-0.05, 0) is 29.4 Å². The Morgan fingerprint density at radius 3 is 3.08 bits per heavy atom. The Balaban J connectivity index is 2.49. The van der Waals surface area contributed by atoms with Gasteiger partial charge < -0.3 is 15.6 Å². The van der Waals surface area contributed by atoms with Crippen LogP contribution in [0.1, 0.15) is 0 Å². The molecule has 1 amide bonds. The van der Waals surface area contributed by atoms with E-state index in [1.807, 2.05) is 0 Å². The number of carbonyl (C=O) groups is 1. The SMILES string of the molecule is [NH]c1ccc2c(c1)NC(=O)C[S+]2[O-]. The lowest BCUT2D eigenvalue weighted by atomic mass is 10.3. The second kappa shape index (κ2) is 2.93. The number of anilines is 1. The molecule has 1 heterocycles. The Kier molecular flexibility index (Phi) is 1.90. The number of hydrogen-bond donors (Lipinski definition) is 1. The normalized spacial score (nSPS) is 20.7. The summed E-state index contributed by atoms with van der Waals surface area (Å²) in [4.78, 5) is 11.6. The van der Waals surface area contributed by atoms with Crippen LogP contribution in [-0.2, 0) is 16.0 Å². The summed E-state index contributed by atoms with van der Waals surface area (Å²) in [6, 6.07) is 4.69. The molecule has 1 aliphatic rings. The molecule has 1 aromatic rings. The highest BCUT2D eigenvalue weighted by Gasteiger charge is 2.26. The first-order valence-electron chi connectivity index (χ1n) is 3.71. The summed E-state index contributed by atoms with van der Waals surface area (Å²) in [5.41, 5.74) is 8.12. The van der Waals surface area contributed by atoms with Crippen molar-refractivity contribution in [3.63, 3.8) is 0 Å². The minimum atomic E-state index is -1.25. The van der Waals surface area contributed by atoms with Crippen LogP contribution in [-0.4, -0.2) is 16.2 Å². The smallest absolute Gasteiger partial charge is 0.274 e. The largest absolute Gasteiger partial charge is 0.611 e. The van der Waals surface area contributed by atoms with E-state index in [1.54, 1.807) is 12.1 Å². The summed E-state index contributed by atoms with van der Waals surface area (Å²) >= 11 is -1.25. The van der Waals surface area contributed by atoms with E-state index < -0.39 is 11.2 Å². The van der Waals surface area contributed by atoms with Crippen LogP contribution in [0.25, 0.3) is 0 Å². The van der Waals surface area contributed by atoms with Crippen molar-refractivity contribution in [1.29, 1.82) is 0 Å². The van der Waals surface area contributed by atoms with E-state index in [-0.39, 0.29) is 11.7 Å². The average Bonchev–Trinajstić information content (AvgIpc) is 2.02. The molecule has 1 aromatic carbocycles. The zero-order valence-corrected chi connectivity index (χ0v) is 7.48. The number of benzene rings is 1. The molecule has 1 aliphatic heterocycles. The van der Waals surface area contributed by atoms with Gasteiger partial charge in [0.2, 0.25) is 0 Å². The van der Waals surface area contributed by atoms with Crippen molar-refractivity contribution in [2.24, 2.45) is 0 Å². The quantitative estimate of drug-likeness (QED) is 0.617. The summed E-state index contributed by atoms with van der Waals surface area (Å²) in [6.07, 6.45) is 0. The third-order valence-corrected chi connectivity index (χ3v) is 3.13. The summed E-state index contributed by atoms with van der Waals surface area (Å²) in [5, 5.41) is 2.58. The van der Waals surface area contributed by atoms with E-state index in [1.165, 1.54) is 6.07 Å². The summed E-state index contributed by atoms with van der Waals surface area (Å²) in [5.74, 6) is -0.235. The Morgan fingerprint density at radius 1 is 1.54 bits per heavy atom. The van der Waals surface area contributed by atoms with Crippen molar-refractivity contribution in [3.8, 4) is 0 Å². The van der Waals surface area contributed by atoms with Crippen LogP contribution in [0.5, 0.6) is 0 Å². The molecule has 2 rings (SSSR count). The van der Waals surface area contributed by atoms with Gasteiger partial charge >= 0.3 is 0 Å². The van der Waals surface area contributed by atoms with Crippen molar-refractivity contribution >= 4 is 28.5 Å². The van der Waals surface area contributed by atoms with Crippen molar-refractivity contribution < 1.29 is 9.35 Å². The Bertz CT molecular complexity index is 367. The topological polar surface area (TPSA) is 76.0 Å². The van der Waals surface area contributed by atoms with Gasteiger partial charge in [0, 0.05) is 0 Å². The molecule has 2 N–H and O–H groups in total. The van der Waals surface area contributed by atoms with Crippen molar-refractivity contribution in [2.45, 2.75) is 4.90 Å². The molecule has 0 saturated heterocycles. The van der Waals surface area contributed by atoms with E-state index in [2.05, 4.69) is 5.32 Å². The summed E-state index contributed by atoms with van der Waals surface area (Å²) in [7, 11) is 0. The third-order valence-electron chi connectivity index (χ3n) is 1.76. The second-order valence-electron chi connectivity index (χ2n) is 2.75. The van der Waals surface area contributed by atoms with Crippen LogP contribution in [0.2, 0.25) is 0 Å². The summed E-state index contributed by atoms with van der Waals surface area (Å²) < 4.78 is 11.4. The van der Waals surface area contributed by atoms with Crippen LogP contribution >= 0.6 is 0 Å². The molecule has 67 valence electrons. The van der Waals surface area contributed by atoms with Crippen LogP contribution in [0, 0.1) is 0 Å². The second-order valence-corrected chi connectivity index (χ2v) is 4.17. The van der Waals surface area contributed by atoms with Gasteiger partial charge in [-0.3, -0.25) is 4.79 Å². The predicted molar refractivity (Wildman–Crippen MR) is 49.1 cm³/mol. The van der Waals surface area contributed by atoms with Crippen LogP contribution in [0.3, 0.4) is 0 Å². The van der Waals surface area contributed by atoms with E-state index in [4.69, 9.17) is 5.73 Å². The molecule has 4 nitrogen and oxygen atoms in total. The first kappa shape index (κ1) is 8.40. The maximum absolute atomic E-state index is 11.4. The maximum Gasteiger partial charge on any atom is 0.274 e. The van der Waals surface area contributed by atoms with Crippen molar-refractivity contribution in [2.75, 3.05) is 11.1 Å². The fraction of sp³-hybridized carbons (Fsp3) is 0.125. The van der Waals surface area contributed by atoms with E-state index in [0.29, 0.717) is 16.3 Å². The first-order valence-corrected chi connectivity index (χ1v) is 5.02. The van der Waals surface area contributed by atoms with Gasteiger partial charge in [0.15, 0.2) is 10.6 Å². The maximum atomic E-state index is 11.4. The van der Waals surface area contributed by atoms with Crippen LogP contribution in [0.4, 0.5) is 11.4 Å². The van der Waals surface area contributed by atoms with Crippen molar-refractivity contribution in [1.82, 2.24) is 5.73 Å². The van der Waals surface area contributed by atoms with E-state index in [0.717, 1.165) is 0 Å². The number of amides is 1. The lowest BCUT2D eigenvalue weighted by Crippen LogP contribution is -2.29. The number of hydrogen-bond acceptors (Lipinski definition) is 2. The molecule has 0 aromatic heterocycles. The molecule has 0 aliphatic carbocycles. The molecule has 1 atom stereocenters. The molecule has 1 unspecified atom stereocenters. The Labute approximate surface area is 78.3 Å². The highest BCUT2D eigenvalue weighted by molar-refractivity contribution is 7.92. The highest BCUT2D eigenvalue weighted by Crippen LogP contribution is 2.28. The molecule has 1 radical (unpaired) electrons. The molecule has 5 heteroatoms. The van der Waals surface area contributed by atoms with Gasteiger partial charge in [-0.2, -0.15) is 0 Å². The summed E-state index contributed by atoms with van der Waals surface area (Å²) in [6.45, 7) is 0. The van der Waals surface area contributed by atoms with Crippen LogP contribution in [0.15, 0.2) is 23.1 Å². The Morgan fingerprint density at radius 2 is 2.31 bits per heavy atom. The zero-order chi connectivity index (χ0) is 9.42. The molecule has 0 spiro atoms. The van der Waals surface area contributed by atoms with Gasteiger partial charge in [0.1, 0.15) is 0 Å². The lowest BCUT2D eigenvalue weighted by molar-refractivity contribution is -0.114. The standard InChI is InChI=1S/C8H7N2O2S/c9-5-1-2-7-6(3-5)10-8(11)4-13(7)12/h1-3,9H,4H2,(H,10,11). The van der Waals surface area contributed by atoms with Gasteiger partial charge in [-0.15, -0.1) is 0 Å². The molecule has 13 heavy (non-hydrogen) atoms. The van der Waals surface area contributed by atoms with E-state index >= 15 is 0 Å². The molecule has 0 bridgehead atoms. The van der Waals surface area contributed by atoms with Gasteiger partial charge in [-0.1, -0.05) is 0 Å². The number of rotatable bonds is 0. The van der Waals surface area contributed by atoms with Crippen molar-refractivity contribution in [3.05, 3.63) is 18.2 Å². The van der Waals surface area contributed by atoms with Gasteiger partial charge in [0.25, 0.3) is 5.91 Å². The predicted octanol–water partition coefficient (Wildman–Crippen LogP) is 0.661. The molecular weight excluding hydrogens is 188 g/mol. The van der Waals surface area contributed by atoms with E-state index in [9.17, 15) is 9.35 Å².